The van der Waals surface area contributed by atoms with Crippen molar-refractivity contribution in [3.63, 3.8) is 0 Å². The molecule has 2 aromatic carbocycles. The Bertz CT molecular complexity index is 3320. The lowest BCUT2D eigenvalue weighted by Gasteiger charge is -2.33. The standard InChI is InChI=1S/C24H24N2O6Si.C22H19ClN2O3.C6H14OSi/c1-4-24(30)18-10-20-21-16(11-26(20)22(28)17(18)12-32-23(24)29)14(7-8-33(2,3)31)15-9-13(27)5-6-19(15)25-21;1-4-22(3)15-8-17-19-13(9-25(17)20(26)14(15)10-28-21(22)27)18(23)12-7-11(2)5-6-16(12)24-19;1-5-7-8(3,4)6-2/h5-10,27,30-31H,4,11-12H2,1-3H3;5-8H,4,9-10H2,1-3H3;6H,2,5H2,1,3-4H3/b8-7+;;/t24-;22-;/m01./s1. The van der Waals surface area contributed by atoms with Crippen molar-refractivity contribution in [2.24, 2.45) is 0 Å². The Labute approximate surface area is 406 Å². The lowest BCUT2D eigenvalue weighted by Crippen LogP contribution is -2.44. The average molecular weight is 990 g/mol. The third-order valence-electron chi connectivity index (χ3n) is 13.6. The first kappa shape index (κ1) is 49.4. The van der Waals surface area contributed by atoms with Crippen LogP contribution in [0.1, 0.15) is 85.0 Å². The van der Waals surface area contributed by atoms with Gasteiger partial charge in [-0.25, -0.2) is 14.8 Å². The van der Waals surface area contributed by atoms with Crippen LogP contribution in [0.5, 0.6) is 5.75 Å². The number of ether oxygens (including phenoxy) is 2. The molecule has 4 aromatic heterocycles. The van der Waals surface area contributed by atoms with Gasteiger partial charge >= 0.3 is 11.9 Å². The molecule has 3 N–H and O–H groups in total. The summed E-state index contributed by atoms with van der Waals surface area (Å²) in [5, 5.41) is 23.3. The van der Waals surface area contributed by atoms with E-state index in [-0.39, 0.29) is 60.1 Å². The average Bonchev–Trinajstić information content (AvgIpc) is 3.87. The summed E-state index contributed by atoms with van der Waals surface area (Å²) in [6.07, 6.45) is 2.46. The maximum Gasteiger partial charge on any atom is 0.343 e. The number of aromatic nitrogens is 4. The second-order valence-electron chi connectivity index (χ2n) is 19.2. The van der Waals surface area contributed by atoms with Gasteiger partial charge in [-0.15, -0.1) is 6.58 Å². The first-order chi connectivity index (χ1) is 32.5. The van der Waals surface area contributed by atoms with Crippen LogP contribution >= 0.6 is 11.6 Å². The molecule has 4 aliphatic heterocycles. The summed E-state index contributed by atoms with van der Waals surface area (Å²) in [5.41, 5.74) is 9.80. The first-order valence-electron chi connectivity index (χ1n) is 23.1. The van der Waals surface area contributed by atoms with Crippen molar-refractivity contribution in [2.45, 2.75) is 111 Å². The largest absolute Gasteiger partial charge is 0.508 e. The van der Waals surface area contributed by atoms with E-state index in [0.29, 0.717) is 45.8 Å². The number of aliphatic hydroxyl groups is 1. The number of aromatic hydroxyl groups is 1. The number of halogens is 1. The molecule has 69 heavy (non-hydrogen) atoms. The van der Waals surface area contributed by atoms with Gasteiger partial charge < -0.3 is 38.0 Å². The van der Waals surface area contributed by atoms with Gasteiger partial charge in [0.15, 0.2) is 5.60 Å². The summed E-state index contributed by atoms with van der Waals surface area (Å²) in [6.45, 7) is 22.2. The zero-order valence-electron chi connectivity index (χ0n) is 40.4. The van der Waals surface area contributed by atoms with E-state index in [0.717, 1.165) is 56.7 Å². The zero-order valence-corrected chi connectivity index (χ0v) is 43.1. The van der Waals surface area contributed by atoms with Gasteiger partial charge in [0.25, 0.3) is 11.1 Å². The van der Waals surface area contributed by atoms with Crippen molar-refractivity contribution in [3.05, 3.63) is 137 Å². The van der Waals surface area contributed by atoms with Gasteiger partial charge in [0, 0.05) is 34.1 Å². The highest BCUT2D eigenvalue weighted by atomic mass is 35.5. The lowest BCUT2D eigenvalue weighted by atomic mass is 9.76. The molecule has 0 amide bonds. The van der Waals surface area contributed by atoms with E-state index in [1.54, 1.807) is 59.1 Å². The number of phenolic OH excluding ortho intramolecular Hbond substituents is 1. The van der Waals surface area contributed by atoms with Gasteiger partial charge in [-0.2, -0.15) is 0 Å². The fourth-order valence-electron chi connectivity index (χ4n) is 9.31. The Morgan fingerprint density at radius 3 is 1.94 bits per heavy atom. The van der Waals surface area contributed by atoms with Gasteiger partial charge in [-0.1, -0.05) is 54.6 Å². The number of aryl methyl sites for hydroxylation is 1. The van der Waals surface area contributed by atoms with E-state index in [1.807, 2.05) is 63.7 Å². The summed E-state index contributed by atoms with van der Waals surface area (Å²) in [4.78, 5) is 71.4. The SMILES string of the molecule is C=C[Si](C)(C)OCC.CC[C@@]1(C)C(=O)OCc2c1cc1n(c2=O)Cc2c-1nc1ccc(C)cc1c2Cl.CC[C@@]1(O)C(=O)OCc2c1cc1n(c2=O)Cc2c-1nc1ccc(O)cc1c2/C=C/[Si](C)(C)O. The monoisotopic (exact) mass is 988 g/mol. The summed E-state index contributed by atoms with van der Waals surface area (Å²) in [7, 11) is -3.95. The van der Waals surface area contributed by atoms with E-state index in [4.69, 9.17) is 35.5 Å². The van der Waals surface area contributed by atoms with Crippen molar-refractivity contribution < 1.29 is 38.5 Å². The molecular weight excluding hydrogens is 932 g/mol. The molecule has 0 bridgehead atoms. The van der Waals surface area contributed by atoms with E-state index >= 15 is 0 Å². The normalized spacial score (nSPS) is 18.7. The summed E-state index contributed by atoms with van der Waals surface area (Å²) in [5.74, 6) is -0.961. The Balaban J connectivity index is 0.000000162. The summed E-state index contributed by atoms with van der Waals surface area (Å²) < 4.78 is 19.1. The molecule has 0 unspecified atom stereocenters. The summed E-state index contributed by atoms with van der Waals surface area (Å²) in [6, 6.07) is 14.4. The number of fused-ring (bicyclic) bond motifs is 10. The number of esters is 2. The molecule has 0 spiro atoms. The van der Waals surface area contributed by atoms with E-state index in [9.17, 15) is 34.2 Å². The number of cyclic esters (lactones) is 2. The molecule has 2 atom stereocenters. The molecule has 0 saturated heterocycles. The van der Waals surface area contributed by atoms with Gasteiger partial charge in [0.1, 0.15) is 19.0 Å². The maximum absolute atomic E-state index is 13.4. The first-order valence-corrected chi connectivity index (χ1v) is 29.4. The molecule has 0 radical (unpaired) electrons. The highest BCUT2D eigenvalue weighted by Gasteiger charge is 2.46. The Hall–Kier alpha value is -6.02. The van der Waals surface area contributed by atoms with Crippen molar-refractivity contribution in [2.75, 3.05) is 6.61 Å². The fraction of sp³-hybridized carbons (Fsp3) is 0.346. The van der Waals surface area contributed by atoms with Crippen LogP contribution in [0.2, 0.25) is 31.2 Å². The molecule has 10 rings (SSSR count). The number of nitrogens with zero attached hydrogens (tertiary/aromatic N) is 4. The Morgan fingerprint density at radius 2 is 1.36 bits per heavy atom. The van der Waals surface area contributed by atoms with Crippen LogP contribution in [0.25, 0.3) is 50.7 Å². The molecule has 4 aliphatic rings. The van der Waals surface area contributed by atoms with Crippen LogP contribution in [0.15, 0.2) is 76.1 Å². The smallest absolute Gasteiger partial charge is 0.343 e. The number of benzene rings is 2. The number of carbonyl (C=O) groups is 2. The van der Waals surface area contributed by atoms with E-state index in [1.165, 1.54) is 0 Å². The highest BCUT2D eigenvalue weighted by molar-refractivity contribution is 6.76. The Kier molecular flexibility index (Phi) is 12.9. The number of pyridine rings is 4. The minimum atomic E-state index is -2.54. The zero-order chi connectivity index (χ0) is 50.1. The third-order valence-corrected chi connectivity index (χ3v) is 17.0. The number of carbonyl (C=O) groups excluding carboxylic acids is 2. The molecule has 6 aromatic rings. The molecule has 17 heteroatoms. The van der Waals surface area contributed by atoms with Crippen LogP contribution in [-0.4, -0.2) is 69.3 Å². The van der Waals surface area contributed by atoms with Gasteiger partial charge in [0.05, 0.1) is 68.5 Å². The van der Waals surface area contributed by atoms with Gasteiger partial charge in [-0.05, 0) is 113 Å². The van der Waals surface area contributed by atoms with E-state index in [2.05, 4.69) is 19.7 Å². The molecule has 14 nitrogen and oxygen atoms in total. The third kappa shape index (κ3) is 8.61. The molecule has 360 valence electrons. The van der Waals surface area contributed by atoms with Crippen LogP contribution in [-0.2, 0) is 60.8 Å². The van der Waals surface area contributed by atoms with Crippen LogP contribution in [0.4, 0.5) is 0 Å². The van der Waals surface area contributed by atoms with Crippen LogP contribution in [0, 0.1) is 6.92 Å². The van der Waals surface area contributed by atoms with Crippen LogP contribution < -0.4 is 11.1 Å². The van der Waals surface area contributed by atoms with Crippen molar-refractivity contribution in [3.8, 4) is 28.5 Å². The number of rotatable bonds is 7. The summed E-state index contributed by atoms with van der Waals surface area (Å²) >= 11 is 6.73. The molecule has 0 aliphatic carbocycles. The van der Waals surface area contributed by atoms with Crippen molar-refractivity contribution in [1.82, 2.24) is 19.1 Å². The quantitative estimate of drug-likeness (QED) is 0.102. The molecular formula is C52H57ClN4O10Si2. The maximum atomic E-state index is 13.4. The van der Waals surface area contributed by atoms with Gasteiger partial charge in [0.2, 0.25) is 16.6 Å². The minimum absolute atomic E-state index is 0.0154. The number of hydrogen-bond acceptors (Lipinski definition) is 12. The van der Waals surface area contributed by atoms with E-state index < -0.39 is 33.6 Å². The fourth-order valence-corrected chi connectivity index (χ4v) is 11.1. The second-order valence-corrected chi connectivity index (χ2v) is 27.2. The second kappa shape index (κ2) is 18.1. The molecule has 8 heterocycles. The van der Waals surface area contributed by atoms with Crippen LogP contribution in [0.3, 0.4) is 0 Å². The lowest BCUT2D eigenvalue weighted by molar-refractivity contribution is -0.172. The predicted octanol–water partition coefficient (Wildman–Crippen LogP) is 8.60. The number of phenols is 1. The predicted molar refractivity (Wildman–Crippen MR) is 272 cm³/mol. The topological polar surface area (TPSA) is 192 Å². The highest BCUT2D eigenvalue weighted by Crippen LogP contribution is 2.44. The van der Waals surface area contributed by atoms with Gasteiger partial charge in [-0.3, -0.25) is 14.4 Å². The number of hydrogen-bond donors (Lipinski definition) is 3. The Morgan fingerprint density at radius 1 is 0.797 bits per heavy atom. The molecule has 0 saturated carbocycles. The minimum Gasteiger partial charge on any atom is -0.508 e. The molecule has 0 fully saturated rings. The van der Waals surface area contributed by atoms with Crippen molar-refractivity contribution in [1.29, 1.82) is 0 Å². The van der Waals surface area contributed by atoms with Crippen molar-refractivity contribution >= 4 is 68.1 Å².